The first kappa shape index (κ1) is 67.1. The number of para-hydroxylation sites is 4. The highest BCUT2D eigenvalue weighted by atomic mass is 32.2. The minimum Gasteiger partial charge on any atom is -0.493 e. The van der Waals surface area contributed by atoms with Crippen molar-refractivity contribution in [3.05, 3.63) is 242 Å². The largest absolute Gasteiger partial charge is 0.493 e. The molecular formula is C78H96N2O6S2. The molecule has 1 N–H and O–H groups in total. The van der Waals surface area contributed by atoms with Crippen LogP contribution in [0.5, 0.6) is 23.0 Å². The van der Waals surface area contributed by atoms with Gasteiger partial charge in [0.15, 0.2) is 11.5 Å². The van der Waals surface area contributed by atoms with E-state index in [2.05, 4.69) is 131 Å². The molecule has 8 aromatic rings. The number of rotatable bonds is 0. The predicted octanol–water partition coefficient (Wildman–Crippen LogP) is 18.7. The quantitative estimate of drug-likeness (QED) is 0.162. The third kappa shape index (κ3) is 21.2. The molecule has 9 heterocycles. The van der Waals surface area contributed by atoms with Gasteiger partial charge in [0.1, 0.15) is 24.7 Å². The third-order valence-electron chi connectivity index (χ3n) is 16.5. The SMILES string of the molecule is C.C.C1=C2COCCC2=NC1.c1cc2c([nH]1)CCOC2.c1cc2c(s1)CCCC2.c1ccc2c(c1)CCC2.c1ccc2c(c1)CCCC2.c1ccc2c(c1)CCCO2.c1ccc2c(c1)CCCO2.c1ccc2c(c1)CCCS2.c1ccc2c(c1)OCCO2. The molecule has 0 bridgehead atoms. The summed E-state index contributed by atoms with van der Waals surface area (Å²) in [5.41, 5.74) is 17.4. The number of aromatic nitrogens is 1. The number of nitrogens with zero attached hydrogens (tertiary/aromatic N) is 1. The van der Waals surface area contributed by atoms with Crippen LogP contribution >= 0.6 is 23.1 Å². The summed E-state index contributed by atoms with van der Waals surface area (Å²) in [4.78, 5) is 10.6. The molecule has 0 saturated carbocycles. The second-order valence-corrected chi connectivity index (χ2v) is 24.7. The number of aromatic amines is 1. The van der Waals surface area contributed by atoms with Crippen LogP contribution in [0.3, 0.4) is 0 Å². The fourth-order valence-corrected chi connectivity index (χ4v) is 13.9. The molecule has 0 amide bonds. The Morgan fingerprint density at radius 3 is 1.41 bits per heavy atom. The molecular weight excluding hydrogens is 1120 g/mol. The van der Waals surface area contributed by atoms with Crippen molar-refractivity contribution in [2.45, 2.75) is 148 Å². The number of benzene rings is 6. The molecule has 0 unspecified atom stereocenters. The minimum absolute atomic E-state index is 0. The number of aryl methyl sites for hydroxylation is 9. The summed E-state index contributed by atoms with van der Waals surface area (Å²) in [6.07, 6.45) is 28.3. The molecule has 3 aliphatic carbocycles. The maximum Gasteiger partial charge on any atom is 0.161 e. The Labute approximate surface area is 535 Å². The van der Waals surface area contributed by atoms with E-state index < -0.39 is 0 Å². The van der Waals surface area contributed by atoms with Crippen LogP contribution in [-0.2, 0) is 80.3 Å². The molecule has 1 fully saturated rings. The summed E-state index contributed by atoms with van der Waals surface area (Å²) in [5, 5.41) is 2.22. The van der Waals surface area contributed by atoms with E-state index in [1.165, 1.54) is 141 Å². The van der Waals surface area contributed by atoms with E-state index >= 15 is 0 Å². The zero-order chi connectivity index (χ0) is 58.5. The number of thiophene rings is 1. The van der Waals surface area contributed by atoms with E-state index in [4.69, 9.17) is 28.4 Å². The first-order chi connectivity index (χ1) is 42.7. The van der Waals surface area contributed by atoms with Gasteiger partial charge in [0.2, 0.25) is 0 Å². The number of ether oxygens (including phenoxy) is 6. The lowest BCUT2D eigenvalue weighted by atomic mass is 9.92. The molecule has 6 aromatic carbocycles. The van der Waals surface area contributed by atoms with Crippen LogP contribution in [0.1, 0.15) is 133 Å². The first-order valence-corrected chi connectivity index (χ1v) is 33.8. The second kappa shape index (κ2) is 37.9. The van der Waals surface area contributed by atoms with Crippen molar-refractivity contribution < 1.29 is 28.4 Å². The van der Waals surface area contributed by atoms with Crippen LogP contribution in [0.4, 0.5) is 0 Å². The molecule has 1 saturated heterocycles. The molecule has 8 nitrogen and oxygen atoms in total. The summed E-state index contributed by atoms with van der Waals surface area (Å²) < 4.78 is 31.9. The molecule has 0 atom stereocenters. The monoisotopic (exact) mass is 1220 g/mol. The van der Waals surface area contributed by atoms with Crippen molar-refractivity contribution in [3.63, 3.8) is 0 Å². The summed E-state index contributed by atoms with van der Waals surface area (Å²) >= 11 is 3.91. The molecule has 7 aliphatic heterocycles. The predicted molar refractivity (Wildman–Crippen MR) is 369 cm³/mol. The lowest BCUT2D eigenvalue weighted by Crippen LogP contribution is -2.16. The van der Waals surface area contributed by atoms with Gasteiger partial charge in [0.05, 0.1) is 46.2 Å². The first-order valence-electron chi connectivity index (χ1n) is 31.9. The van der Waals surface area contributed by atoms with Gasteiger partial charge in [-0.3, -0.25) is 4.99 Å². The Morgan fingerprint density at radius 1 is 0.364 bits per heavy atom. The zero-order valence-electron chi connectivity index (χ0n) is 50.5. The Bertz CT molecular complexity index is 2810. The molecule has 0 spiro atoms. The molecule has 10 heteroatoms. The zero-order valence-corrected chi connectivity index (χ0v) is 52.1. The van der Waals surface area contributed by atoms with Gasteiger partial charge in [-0.1, -0.05) is 136 Å². The second-order valence-electron chi connectivity index (χ2n) is 22.6. The Kier molecular flexibility index (Phi) is 28.9. The molecule has 466 valence electrons. The van der Waals surface area contributed by atoms with Crippen LogP contribution in [0.15, 0.2) is 191 Å². The van der Waals surface area contributed by atoms with Gasteiger partial charge < -0.3 is 33.4 Å². The van der Waals surface area contributed by atoms with Crippen LogP contribution in [0.25, 0.3) is 0 Å². The van der Waals surface area contributed by atoms with Crippen LogP contribution < -0.4 is 18.9 Å². The summed E-state index contributed by atoms with van der Waals surface area (Å²) in [6, 6.07) is 54.8. The molecule has 18 rings (SSSR count). The van der Waals surface area contributed by atoms with Crippen LogP contribution in [0.2, 0.25) is 0 Å². The van der Waals surface area contributed by atoms with Crippen molar-refractivity contribution in [2.75, 3.05) is 58.5 Å². The van der Waals surface area contributed by atoms with E-state index in [-0.39, 0.29) is 14.9 Å². The van der Waals surface area contributed by atoms with E-state index in [1.807, 2.05) is 77.8 Å². The molecule has 2 aromatic heterocycles. The Morgan fingerprint density at radius 2 is 0.841 bits per heavy atom. The smallest absolute Gasteiger partial charge is 0.161 e. The lowest BCUT2D eigenvalue weighted by molar-refractivity contribution is 0.110. The highest BCUT2D eigenvalue weighted by molar-refractivity contribution is 7.99. The highest BCUT2D eigenvalue weighted by Crippen LogP contribution is 2.31. The number of H-pyrrole nitrogens is 1. The van der Waals surface area contributed by atoms with Crippen molar-refractivity contribution >= 4 is 28.8 Å². The number of aliphatic imine (C=N–C) groups is 1. The molecule has 88 heavy (non-hydrogen) atoms. The van der Waals surface area contributed by atoms with Crippen molar-refractivity contribution in [1.29, 1.82) is 0 Å². The Hall–Kier alpha value is -6.82. The van der Waals surface area contributed by atoms with Gasteiger partial charge in [0, 0.05) is 40.2 Å². The van der Waals surface area contributed by atoms with Gasteiger partial charge in [-0.2, -0.15) is 0 Å². The summed E-state index contributed by atoms with van der Waals surface area (Å²) in [6.45, 7) is 7.29. The maximum atomic E-state index is 5.42. The summed E-state index contributed by atoms with van der Waals surface area (Å²) in [7, 11) is 0. The molecule has 0 radical (unpaired) electrons. The van der Waals surface area contributed by atoms with Gasteiger partial charge in [-0.05, 0) is 218 Å². The van der Waals surface area contributed by atoms with E-state index in [9.17, 15) is 0 Å². The Balaban J connectivity index is 0.000000128. The average molecular weight is 1220 g/mol. The van der Waals surface area contributed by atoms with Crippen molar-refractivity contribution in [2.24, 2.45) is 4.99 Å². The number of hydrogen-bond acceptors (Lipinski definition) is 9. The molecule has 10 aliphatic rings. The lowest BCUT2D eigenvalue weighted by Gasteiger charge is -2.17. The normalized spacial score (nSPS) is 16.6. The van der Waals surface area contributed by atoms with Gasteiger partial charge in [-0.25, -0.2) is 0 Å². The van der Waals surface area contributed by atoms with E-state index in [0.717, 1.165) is 94.9 Å². The fourth-order valence-electron chi connectivity index (χ4n) is 11.9. The van der Waals surface area contributed by atoms with Crippen LogP contribution in [0, 0.1) is 0 Å². The van der Waals surface area contributed by atoms with Crippen LogP contribution in [-0.4, -0.2) is 69.2 Å². The van der Waals surface area contributed by atoms with Gasteiger partial charge in [0.25, 0.3) is 0 Å². The van der Waals surface area contributed by atoms with Crippen molar-refractivity contribution in [1.82, 2.24) is 4.98 Å². The minimum atomic E-state index is 0. The average Bonchev–Trinajstić information content (AvgIpc) is 4.51. The van der Waals surface area contributed by atoms with E-state index in [1.54, 1.807) is 38.3 Å². The number of thioether (sulfide) groups is 1. The number of nitrogens with one attached hydrogen (secondary N) is 1. The number of fused-ring (bicyclic) bond motifs is 9. The maximum absolute atomic E-state index is 5.42. The summed E-state index contributed by atoms with van der Waals surface area (Å²) in [5.74, 6) is 5.17. The standard InChI is InChI=1S/C10H12.2C9H10O.C9H10S.C9H10.C8H8O2.C8H10S.2C7H9NO.2CH4/c1-2-6-10-8-4-3-7-9(10)5-1;3*1-2-6-9-8(4-1)5-3-7-10-9;1-2-5-9-7-3-6-8(9)4-1;1-2-4-8-7(3-1)9-5-6-10-8;1-2-4-8-7(3-1)5-6-9-8;2*1-3-8-7-2-4-9-5-6(1)7;;/h1-2,5-6H,3-4,7-8H2;3*1-2,4,6H,3,5,7H2;1-2,4-5H,3,6-7H2;1-4H,5-6H2;5-6H,1-4H2;1H,2-5H2;1,3,8H,2,4-5H2;2*1H4. The fraction of sp³-hybridized carbons (Fsp3) is 0.397. The number of hydrogen-bond donors (Lipinski definition) is 1. The van der Waals surface area contributed by atoms with Gasteiger partial charge >= 0.3 is 0 Å². The highest BCUT2D eigenvalue weighted by Gasteiger charge is 2.17. The van der Waals surface area contributed by atoms with E-state index in [0.29, 0.717) is 13.2 Å². The topological polar surface area (TPSA) is 83.5 Å². The van der Waals surface area contributed by atoms with Crippen molar-refractivity contribution in [3.8, 4) is 23.0 Å². The van der Waals surface area contributed by atoms with Gasteiger partial charge in [-0.15, -0.1) is 23.1 Å². The third-order valence-corrected chi connectivity index (χ3v) is 18.8.